The minimum absolute atomic E-state index is 0.0473. The molecule has 23 heavy (non-hydrogen) atoms. The van der Waals surface area contributed by atoms with Gasteiger partial charge in [0.05, 0.1) is 0 Å². The molecular weight excluding hydrogens is 297 g/mol. The van der Waals surface area contributed by atoms with Gasteiger partial charge in [-0.15, -0.1) is 0 Å². The maximum Gasteiger partial charge on any atom is 0.232 e. The summed E-state index contributed by atoms with van der Waals surface area (Å²) in [5, 5.41) is 6.73. The predicted molar refractivity (Wildman–Crippen MR) is 84.4 cm³/mol. The number of aryl methyl sites for hydroxylation is 1. The van der Waals surface area contributed by atoms with Crippen molar-refractivity contribution >= 4 is 5.91 Å². The fourth-order valence-corrected chi connectivity index (χ4v) is 1.97. The minimum Gasteiger partial charge on any atom is -0.356 e. The highest BCUT2D eigenvalue weighted by Crippen LogP contribution is 2.19. The van der Waals surface area contributed by atoms with Crippen LogP contribution in [0.25, 0.3) is 0 Å². The fraction of sp³-hybridized carbons (Fsp3) is 0.471. The highest BCUT2D eigenvalue weighted by atomic mass is 19.1. The molecule has 0 aliphatic rings. The Morgan fingerprint density at radius 1 is 1.22 bits per heavy atom. The lowest BCUT2D eigenvalue weighted by Gasteiger charge is -2.10. The quantitative estimate of drug-likeness (QED) is 0.889. The Balaban J connectivity index is 1.70. The largest absolute Gasteiger partial charge is 0.356 e. The molecule has 1 heterocycles. The average Bonchev–Trinajstić information content (AvgIpc) is 2.96. The zero-order valence-corrected chi connectivity index (χ0v) is 13.7. The van der Waals surface area contributed by atoms with Crippen molar-refractivity contribution in [3.8, 4) is 0 Å². The Morgan fingerprint density at radius 3 is 2.52 bits per heavy atom. The van der Waals surface area contributed by atoms with E-state index in [2.05, 4.69) is 15.5 Å². The molecular formula is C17H22FN3O2. The van der Waals surface area contributed by atoms with Crippen molar-refractivity contribution in [2.75, 3.05) is 6.54 Å². The van der Waals surface area contributed by atoms with E-state index in [0.29, 0.717) is 37.5 Å². The summed E-state index contributed by atoms with van der Waals surface area (Å²) in [7, 11) is 0. The molecule has 6 heteroatoms. The summed E-state index contributed by atoms with van der Waals surface area (Å²) < 4.78 is 18.0. The number of carbonyl (C=O) groups excluding carboxylic acids is 1. The summed E-state index contributed by atoms with van der Waals surface area (Å²) in [6, 6.07) is 6.18. The van der Waals surface area contributed by atoms with Gasteiger partial charge in [0.2, 0.25) is 11.8 Å². The predicted octanol–water partition coefficient (Wildman–Crippen LogP) is 2.80. The van der Waals surface area contributed by atoms with Crippen molar-refractivity contribution in [1.82, 2.24) is 15.5 Å². The van der Waals surface area contributed by atoms with Crippen LogP contribution in [-0.2, 0) is 23.1 Å². The smallest absolute Gasteiger partial charge is 0.232 e. The van der Waals surface area contributed by atoms with Crippen molar-refractivity contribution in [1.29, 1.82) is 0 Å². The molecule has 0 saturated heterocycles. The molecule has 5 nitrogen and oxygen atoms in total. The van der Waals surface area contributed by atoms with E-state index in [1.54, 1.807) is 12.1 Å². The maximum absolute atomic E-state index is 12.8. The molecule has 0 bridgehead atoms. The molecule has 1 aromatic carbocycles. The minimum atomic E-state index is -0.270. The van der Waals surface area contributed by atoms with Crippen LogP contribution in [0, 0.1) is 5.82 Å². The SMILES string of the molecule is CC(C)(C)c1nc(CCNC(=O)CCc2ccc(F)cc2)no1. The van der Waals surface area contributed by atoms with Gasteiger partial charge in [0.15, 0.2) is 5.82 Å². The van der Waals surface area contributed by atoms with Crippen LogP contribution in [0.15, 0.2) is 28.8 Å². The molecule has 0 atom stereocenters. The van der Waals surface area contributed by atoms with E-state index in [-0.39, 0.29) is 17.1 Å². The van der Waals surface area contributed by atoms with Gasteiger partial charge in [-0.1, -0.05) is 38.1 Å². The fourth-order valence-electron chi connectivity index (χ4n) is 1.97. The van der Waals surface area contributed by atoms with E-state index in [1.165, 1.54) is 12.1 Å². The van der Waals surface area contributed by atoms with Crippen LogP contribution in [0.3, 0.4) is 0 Å². The van der Waals surface area contributed by atoms with Gasteiger partial charge in [0.1, 0.15) is 5.82 Å². The summed E-state index contributed by atoms with van der Waals surface area (Å²) in [6.45, 7) is 6.47. The topological polar surface area (TPSA) is 68.0 Å². The number of hydrogen-bond acceptors (Lipinski definition) is 4. The summed E-state index contributed by atoms with van der Waals surface area (Å²) >= 11 is 0. The van der Waals surface area contributed by atoms with Crippen LogP contribution >= 0.6 is 0 Å². The number of rotatable bonds is 6. The van der Waals surface area contributed by atoms with E-state index >= 15 is 0 Å². The number of hydrogen-bond donors (Lipinski definition) is 1. The summed E-state index contributed by atoms with van der Waals surface area (Å²) in [4.78, 5) is 16.1. The first-order chi connectivity index (χ1) is 10.8. The van der Waals surface area contributed by atoms with Crippen LogP contribution < -0.4 is 5.32 Å². The lowest BCUT2D eigenvalue weighted by atomic mass is 9.97. The Labute approximate surface area is 135 Å². The molecule has 0 unspecified atom stereocenters. The van der Waals surface area contributed by atoms with Crippen LogP contribution in [-0.4, -0.2) is 22.6 Å². The molecule has 0 fully saturated rings. The third-order valence-electron chi connectivity index (χ3n) is 3.33. The number of nitrogens with one attached hydrogen (secondary N) is 1. The number of aromatic nitrogens is 2. The molecule has 124 valence electrons. The third-order valence-corrected chi connectivity index (χ3v) is 3.33. The Bertz CT molecular complexity index is 645. The maximum atomic E-state index is 12.8. The number of benzene rings is 1. The molecule has 1 aromatic heterocycles. The highest BCUT2D eigenvalue weighted by molar-refractivity contribution is 5.76. The van der Waals surface area contributed by atoms with E-state index in [4.69, 9.17) is 4.52 Å². The van der Waals surface area contributed by atoms with Crippen LogP contribution in [0.5, 0.6) is 0 Å². The summed E-state index contributed by atoms with van der Waals surface area (Å²) in [5.74, 6) is 0.866. The van der Waals surface area contributed by atoms with Crippen molar-refractivity contribution in [2.24, 2.45) is 0 Å². The van der Waals surface area contributed by atoms with Gasteiger partial charge in [-0.3, -0.25) is 4.79 Å². The van der Waals surface area contributed by atoms with Crippen molar-refractivity contribution in [3.05, 3.63) is 47.4 Å². The Kier molecular flexibility index (Phi) is 5.47. The van der Waals surface area contributed by atoms with Gasteiger partial charge in [0, 0.05) is 24.8 Å². The molecule has 0 radical (unpaired) electrons. The number of nitrogens with zero attached hydrogens (tertiary/aromatic N) is 2. The standard InChI is InChI=1S/C17H22FN3O2/c1-17(2,3)16-20-14(21-23-16)10-11-19-15(22)9-6-12-4-7-13(18)8-5-12/h4-5,7-8H,6,9-11H2,1-3H3,(H,19,22). The van der Waals surface area contributed by atoms with Crippen LogP contribution in [0.4, 0.5) is 4.39 Å². The molecule has 1 N–H and O–H groups in total. The van der Waals surface area contributed by atoms with Gasteiger partial charge in [-0.05, 0) is 24.1 Å². The Morgan fingerprint density at radius 2 is 1.91 bits per heavy atom. The Hall–Kier alpha value is -2.24. The second-order valence-electron chi connectivity index (χ2n) is 6.49. The monoisotopic (exact) mass is 319 g/mol. The molecule has 0 aliphatic carbocycles. The number of amides is 1. The van der Waals surface area contributed by atoms with Crippen molar-refractivity contribution in [3.63, 3.8) is 0 Å². The summed E-state index contributed by atoms with van der Waals surface area (Å²) in [6.07, 6.45) is 1.48. The van der Waals surface area contributed by atoms with Crippen molar-refractivity contribution < 1.29 is 13.7 Å². The zero-order chi connectivity index (χ0) is 16.9. The van der Waals surface area contributed by atoms with Gasteiger partial charge in [-0.2, -0.15) is 4.98 Å². The van der Waals surface area contributed by atoms with E-state index in [0.717, 1.165) is 5.56 Å². The number of carbonyl (C=O) groups is 1. The van der Waals surface area contributed by atoms with Gasteiger partial charge >= 0.3 is 0 Å². The second kappa shape index (κ2) is 7.35. The van der Waals surface area contributed by atoms with Crippen LogP contribution in [0.1, 0.15) is 44.5 Å². The van der Waals surface area contributed by atoms with E-state index < -0.39 is 0 Å². The van der Waals surface area contributed by atoms with E-state index in [9.17, 15) is 9.18 Å². The average molecular weight is 319 g/mol. The second-order valence-corrected chi connectivity index (χ2v) is 6.49. The van der Waals surface area contributed by atoms with E-state index in [1.807, 2.05) is 20.8 Å². The van der Waals surface area contributed by atoms with Crippen LogP contribution in [0.2, 0.25) is 0 Å². The lowest BCUT2D eigenvalue weighted by molar-refractivity contribution is -0.121. The van der Waals surface area contributed by atoms with Gasteiger partial charge in [-0.25, -0.2) is 4.39 Å². The molecule has 0 saturated carbocycles. The molecule has 2 aromatic rings. The molecule has 0 aliphatic heterocycles. The normalized spacial score (nSPS) is 11.5. The lowest BCUT2D eigenvalue weighted by Crippen LogP contribution is -2.26. The zero-order valence-electron chi connectivity index (χ0n) is 13.7. The first-order valence-electron chi connectivity index (χ1n) is 7.69. The van der Waals surface area contributed by atoms with Crippen molar-refractivity contribution in [2.45, 2.75) is 45.4 Å². The highest BCUT2D eigenvalue weighted by Gasteiger charge is 2.21. The molecule has 2 rings (SSSR count). The first kappa shape index (κ1) is 17.1. The van der Waals surface area contributed by atoms with Gasteiger partial charge in [0.25, 0.3) is 0 Å². The molecule has 0 spiro atoms. The number of halogens is 1. The van der Waals surface area contributed by atoms with Gasteiger partial charge < -0.3 is 9.84 Å². The molecule has 1 amide bonds. The summed E-state index contributed by atoms with van der Waals surface area (Å²) in [5.41, 5.74) is 0.762. The first-order valence-corrected chi connectivity index (χ1v) is 7.69. The third kappa shape index (κ3) is 5.47.